The molecule has 3 N–H and O–H groups in total. The van der Waals surface area contributed by atoms with Crippen LogP contribution in [0.25, 0.3) is 0 Å². The van der Waals surface area contributed by atoms with E-state index in [1.54, 1.807) is 19.2 Å². The second-order valence-corrected chi connectivity index (χ2v) is 5.03. The van der Waals surface area contributed by atoms with E-state index < -0.39 is 0 Å². The lowest BCUT2D eigenvalue weighted by atomic mass is 10.0. The Hall–Kier alpha value is -1.92. The predicted octanol–water partition coefficient (Wildman–Crippen LogP) is -0.103. The maximum atomic E-state index is 12.1. The van der Waals surface area contributed by atoms with E-state index in [1.807, 2.05) is 19.2 Å². The topological polar surface area (TPSA) is 79.5 Å². The summed E-state index contributed by atoms with van der Waals surface area (Å²) < 4.78 is 5.32. The van der Waals surface area contributed by atoms with Crippen LogP contribution in [0.1, 0.15) is 15.9 Å². The molecule has 1 aromatic rings. The lowest BCUT2D eigenvalue weighted by Gasteiger charge is -2.16. The van der Waals surface area contributed by atoms with E-state index in [2.05, 4.69) is 16.0 Å². The highest BCUT2D eigenvalue weighted by Crippen LogP contribution is 2.13. The van der Waals surface area contributed by atoms with E-state index in [0.29, 0.717) is 25.3 Å². The molecule has 0 radical (unpaired) electrons. The van der Waals surface area contributed by atoms with Crippen LogP contribution in [0.15, 0.2) is 24.3 Å². The summed E-state index contributed by atoms with van der Waals surface area (Å²) in [7, 11) is 3.43. The highest BCUT2D eigenvalue weighted by molar-refractivity contribution is 5.93. The second-order valence-electron chi connectivity index (χ2n) is 5.03. The van der Waals surface area contributed by atoms with Crippen molar-refractivity contribution in [2.45, 2.75) is 12.6 Å². The molecule has 1 aromatic carbocycles. The molecule has 1 heterocycles. The van der Waals surface area contributed by atoms with Gasteiger partial charge < -0.3 is 20.7 Å². The molecule has 114 valence electrons. The zero-order chi connectivity index (χ0) is 15.2. The van der Waals surface area contributed by atoms with E-state index in [9.17, 15) is 9.59 Å². The van der Waals surface area contributed by atoms with E-state index in [4.69, 9.17) is 4.74 Å². The average Bonchev–Trinajstić information content (AvgIpc) is 3.01. The Morgan fingerprint density at radius 1 is 1.19 bits per heavy atom. The lowest BCUT2D eigenvalue weighted by molar-refractivity contribution is -0.125. The van der Waals surface area contributed by atoms with Gasteiger partial charge in [0.05, 0.1) is 19.1 Å². The Balaban J connectivity index is 1.88. The van der Waals surface area contributed by atoms with Crippen LogP contribution in [-0.2, 0) is 16.1 Å². The highest BCUT2D eigenvalue weighted by atomic mass is 16.5. The Labute approximate surface area is 124 Å². The number of hydrogen-bond acceptors (Lipinski definition) is 4. The molecule has 6 heteroatoms. The van der Waals surface area contributed by atoms with Gasteiger partial charge in [0, 0.05) is 25.2 Å². The molecule has 2 unspecified atom stereocenters. The molecule has 0 saturated carbocycles. The first kappa shape index (κ1) is 15.5. The summed E-state index contributed by atoms with van der Waals surface area (Å²) in [5.74, 6) is -0.284. The first-order valence-corrected chi connectivity index (χ1v) is 6.99. The van der Waals surface area contributed by atoms with Crippen molar-refractivity contribution in [3.8, 4) is 0 Å². The number of hydrogen-bond donors (Lipinski definition) is 3. The molecule has 21 heavy (non-hydrogen) atoms. The number of carbonyl (C=O) groups excluding carboxylic acids is 2. The third-order valence-corrected chi connectivity index (χ3v) is 3.70. The number of amides is 2. The van der Waals surface area contributed by atoms with Gasteiger partial charge >= 0.3 is 0 Å². The number of carbonyl (C=O) groups is 2. The smallest absolute Gasteiger partial charge is 0.251 e. The molecule has 6 nitrogen and oxygen atoms in total. The van der Waals surface area contributed by atoms with Crippen molar-refractivity contribution in [2.75, 3.05) is 27.3 Å². The minimum Gasteiger partial charge on any atom is -0.379 e. The van der Waals surface area contributed by atoms with Gasteiger partial charge in [-0.3, -0.25) is 9.59 Å². The first-order chi connectivity index (χ1) is 10.2. The monoisotopic (exact) mass is 291 g/mol. The van der Waals surface area contributed by atoms with Gasteiger partial charge in [0.25, 0.3) is 5.91 Å². The minimum atomic E-state index is -0.153. The summed E-state index contributed by atoms with van der Waals surface area (Å²) in [6.45, 7) is 1.46. The summed E-state index contributed by atoms with van der Waals surface area (Å²) in [4.78, 5) is 23.5. The Kier molecular flexibility index (Phi) is 5.30. The second kappa shape index (κ2) is 7.19. The van der Waals surface area contributed by atoms with Crippen LogP contribution < -0.4 is 16.0 Å². The van der Waals surface area contributed by atoms with Crippen molar-refractivity contribution in [3.05, 3.63) is 35.4 Å². The van der Waals surface area contributed by atoms with E-state index >= 15 is 0 Å². The van der Waals surface area contributed by atoms with Crippen molar-refractivity contribution >= 4 is 11.8 Å². The van der Waals surface area contributed by atoms with Crippen molar-refractivity contribution in [3.63, 3.8) is 0 Å². The molecule has 0 bridgehead atoms. The molecule has 1 aliphatic rings. The molecular formula is C15H21N3O3. The Morgan fingerprint density at radius 3 is 2.52 bits per heavy atom. The van der Waals surface area contributed by atoms with Crippen LogP contribution in [0.5, 0.6) is 0 Å². The number of ether oxygens (including phenoxy) is 1. The molecule has 2 rings (SSSR count). The molecule has 2 atom stereocenters. The Morgan fingerprint density at radius 2 is 1.90 bits per heavy atom. The van der Waals surface area contributed by atoms with Gasteiger partial charge in [-0.05, 0) is 24.7 Å². The van der Waals surface area contributed by atoms with Gasteiger partial charge in [-0.25, -0.2) is 0 Å². The van der Waals surface area contributed by atoms with Gasteiger partial charge in [0.1, 0.15) is 0 Å². The van der Waals surface area contributed by atoms with E-state index in [0.717, 1.165) is 5.56 Å². The summed E-state index contributed by atoms with van der Waals surface area (Å²) in [6.07, 6.45) is 0. The van der Waals surface area contributed by atoms with Gasteiger partial charge in [0.15, 0.2) is 0 Å². The lowest BCUT2D eigenvalue weighted by Crippen LogP contribution is -2.42. The number of rotatable bonds is 5. The number of benzene rings is 1. The normalized spacial score (nSPS) is 21.0. The van der Waals surface area contributed by atoms with Gasteiger partial charge in [-0.2, -0.15) is 0 Å². The summed E-state index contributed by atoms with van der Waals surface area (Å²) in [5, 5.41) is 8.57. The van der Waals surface area contributed by atoms with Crippen LogP contribution in [0, 0.1) is 5.92 Å². The SMILES string of the molecule is CNC(=O)c1ccc(CNC(=O)C2COCC2NC)cc1. The fourth-order valence-electron chi connectivity index (χ4n) is 2.34. The van der Waals surface area contributed by atoms with Crippen LogP contribution in [0.2, 0.25) is 0 Å². The fraction of sp³-hybridized carbons (Fsp3) is 0.467. The molecule has 2 amide bonds. The standard InChI is InChI=1S/C15H21N3O3/c1-16-13-9-21-8-12(13)15(20)18-7-10-3-5-11(6-4-10)14(19)17-2/h3-6,12-13,16H,7-9H2,1-2H3,(H,17,19)(H,18,20). The summed E-state index contributed by atoms with van der Waals surface area (Å²) in [6, 6.07) is 7.24. The fourth-order valence-corrected chi connectivity index (χ4v) is 2.34. The summed E-state index contributed by atoms with van der Waals surface area (Å²) in [5.41, 5.74) is 1.56. The number of likely N-dealkylation sites (N-methyl/N-ethyl adjacent to an activating group) is 1. The van der Waals surface area contributed by atoms with Crippen molar-refractivity contribution in [1.82, 2.24) is 16.0 Å². The predicted molar refractivity (Wildman–Crippen MR) is 78.8 cm³/mol. The summed E-state index contributed by atoms with van der Waals surface area (Å²) >= 11 is 0. The van der Waals surface area contributed by atoms with Crippen LogP contribution in [-0.4, -0.2) is 45.2 Å². The van der Waals surface area contributed by atoms with Crippen LogP contribution in [0.3, 0.4) is 0 Å². The minimum absolute atomic E-state index is 0.0118. The van der Waals surface area contributed by atoms with Crippen LogP contribution in [0.4, 0.5) is 0 Å². The van der Waals surface area contributed by atoms with Gasteiger partial charge in [-0.1, -0.05) is 12.1 Å². The zero-order valence-corrected chi connectivity index (χ0v) is 12.3. The van der Waals surface area contributed by atoms with Gasteiger partial charge in [-0.15, -0.1) is 0 Å². The van der Waals surface area contributed by atoms with E-state index in [-0.39, 0.29) is 23.8 Å². The molecule has 1 fully saturated rings. The quantitative estimate of drug-likeness (QED) is 0.707. The number of nitrogens with one attached hydrogen (secondary N) is 3. The molecule has 0 aromatic heterocycles. The molecular weight excluding hydrogens is 270 g/mol. The van der Waals surface area contributed by atoms with Gasteiger partial charge in [0.2, 0.25) is 5.91 Å². The molecule has 0 aliphatic carbocycles. The maximum absolute atomic E-state index is 12.1. The third kappa shape index (κ3) is 3.80. The van der Waals surface area contributed by atoms with E-state index in [1.165, 1.54) is 0 Å². The zero-order valence-electron chi connectivity index (χ0n) is 12.3. The molecule has 1 aliphatic heterocycles. The highest BCUT2D eigenvalue weighted by Gasteiger charge is 2.32. The third-order valence-electron chi connectivity index (χ3n) is 3.70. The van der Waals surface area contributed by atoms with Crippen LogP contribution >= 0.6 is 0 Å². The maximum Gasteiger partial charge on any atom is 0.251 e. The molecule has 0 spiro atoms. The van der Waals surface area contributed by atoms with Crippen molar-refractivity contribution in [2.24, 2.45) is 5.92 Å². The van der Waals surface area contributed by atoms with Crippen molar-refractivity contribution in [1.29, 1.82) is 0 Å². The first-order valence-electron chi connectivity index (χ1n) is 6.99. The Bertz CT molecular complexity index is 501. The molecule has 1 saturated heterocycles. The average molecular weight is 291 g/mol. The van der Waals surface area contributed by atoms with Crippen molar-refractivity contribution < 1.29 is 14.3 Å². The largest absolute Gasteiger partial charge is 0.379 e.